The molecule has 2 aromatic heterocycles. The molecule has 30 heavy (non-hydrogen) atoms. The fourth-order valence-corrected chi connectivity index (χ4v) is 3.16. The van der Waals surface area contributed by atoms with Crippen molar-refractivity contribution in [3.63, 3.8) is 0 Å². The van der Waals surface area contributed by atoms with Gasteiger partial charge in [-0.2, -0.15) is 0 Å². The number of nitrogens with zero attached hydrogens (tertiary/aromatic N) is 2. The number of aromatic amines is 1. The standard InChI is InChI=1S/C23H22N6O/c1-14-5-7-15(8-6-14)11-12-26-23(30)19-4-2-3-18(27-19)22-28-17-10-9-16(21(24)25)13-20(17)29-22/h2-10,13H,11-12H2,1H3,(H3,24,25)(H,26,30)(H,28,29). The van der Waals surface area contributed by atoms with Crippen LogP contribution >= 0.6 is 0 Å². The van der Waals surface area contributed by atoms with Gasteiger partial charge in [0.15, 0.2) is 5.82 Å². The summed E-state index contributed by atoms with van der Waals surface area (Å²) in [6.45, 7) is 2.58. The lowest BCUT2D eigenvalue weighted by molar-refractivity contribution is 0.0949. The molecule has 0 saturated heterocycles. The zero-order valence-corrected chi connectivity index (χ0v) is 16.6. The Morgan fingerprint density at radius 1 is 1.10 bits per heavy atom. The number of amides is 1. The Balaban J connectivity index is 1.47. The van der Waals surface area contributed by atoms with Crippen molar-refractivity contribution in [1.29, 1.82) is 5.41 Å². The van der Waals surface area contributed by atoms with Crippen LogP contribution in [0, 0.1) is 12.3 Å². The topological polar surface area (TPSA) is 121 Å². The monoisotopic (exact) mass is 398 g/mol. The average Bonchev–Trinajstić information content (AvgIpc) is 3.18. The summed E-state index contributed by atoms with van der Waals surface area (Å²) in [4.78, 5) is 24.7. The molecule has 0 bridgehead atoms. The van der Waals surface area contributed by atoms with E-state index in [1.165, 1.54) is 11.1 Å². The average molecular weight is 398 g/mol. The molecule has 7 nitrogen and oxygen atoms in total. The van der Waals surface area contributed by atoms with Crippen LogP contribution in [-0.2, 0) is 6.42 Å². The number of amidine groups is 1. The minimum Gasteiger partial charge on any atom is -0.384 e. The Morgan fingerprint density at radius 2 is 1.90 bits per heavy atom. The second-order valence-electron chi connectivity index (χ2n) is 7.13. The molecule has 0 saturated carbocycles. The largest absolute Gasteiger partial charge is 0.384 e. The number of aromatic nitrogens is 3. The third kappa shape index (κ3) is 4.20. The normalized spacial score (nSPS) is 10.8. The van der Waals surface area contributed by atoms with Gasteiger partial charge in [-0.15, -0.1) is 0 Å². The molecule has 2 aromatic carbocycles. The van der Waals surface area contributed by atoms with Crippen molar-refractivity contribution in [2.45, 2.75) is 13.3 Å². The number of pyridine rings is 1. The van der Waals surface area contributed by atoms with Crippen LogP contribution in [-0.4, -0.2) is 33.2 Å². The van der Waals surface area contributed by atoms with Crippen LogP contribution < -0.4 is 11.1 Å². The first-order valence-electron chi connectivity index (χ1n) is 9.65. The molecule has 5 N–H and O–H groups in total. The maximum atomic E-state index is 12.5. The van der Waals surface area contributed by atoms with Crippen molar-refractivity contribution in [2.24, 2.45) is 5.73 Å². The molecule has 0 aliphatic rings. The predicted octanol–water partition coefficient (Wildman–Crippen LogP) is 3.19. The van der Waals surface area contributed by atoms with E-state index in [1.807, 2.05) is 0 Å². The van der Waals surface area contributed by atoms with Crippen LogP contribution in [0.1, 0.15) is 27.2 Å². The number of carbonyl (C=O) groups excluding carboxylic acids is 1. The summed E-state index contributed by atoms with van der Waals surface area (Å²) in [6.07, 6.45) is 0.758. The number of nitrogen functional groups attached to an aromatic ring is 1. The van der Waals surface area contributed by atoms with Gasteiger partial charge < -0.3 is 16.0 Å². The van der Waals surface area contributed by atoms with E-state index in [0.717, 1.165) is 17.5 Å². The molecule has 150 valence electrons. The Kier molecular flexibility index (Phi) is 5.26. The molecule has 2 heterocycles. The Hall–Kier alpha value is -4.00. The van der Waals surface area contributed by atoms with E-state index in [-0.39, 0.29) is 11.7 Å². The summed E-state index contributed by atoms with van der Waals surface area (Å²) >= 11 is 0. The zero-order valence-electron chi connectivity index (χ0n) is 16.6. The molecule has 7 heteroatoms. The number of rotatable bonds is 6. The number of hydrogen-bond acceptors (Lipinski definition) is 4. The van der Waals surface area contributed by atoms with Crippen molar-refractivity contribution < 1.29 is 4.79 Å². The SMILES string of the molecule is Cc1ccc(CCNC(=O)c2cccc(-c3nc4ccc(C(=N)N)cc4[nH]3)n2)cc1. The molecule has 4 aromatic rings. The smallest absolute Gasteiger partial charge is 0.269 e. The number of hydrogen-bond donors (Lipinski definition) is 4. The van der Waals surface area contributed by atoms with Gasteiger partial charge in [0, 0.05) is 12.1 Å². The summed E-state index contributed by atoms with van der Waals surface area (Å²) in [6, 6.07) is 18.9. The van der Waals surface area contributed by atoms with Gasteiger partial charge in [-0.3, -0.25) is 10.2 Å². The maximum absolute atomic E-state index is 12.5. The lowest BCUT2D eigenvalue weighted by Gasteiger charge is -2.06. The van der Waals surface area contributed by atoms with Crippen molar-refractivity contribution in [1.82, 2.24) is 20.3 Å². The Labute approximate surface area is 173 Å². The van der Waals surface area contributed by atoms with Gasteiger partial charge in [-0.25, -0.2) is 9.97 Å². The highest BCUT2D eigenvalue weighted by molar-refractivity contribution is 5.98. The molecule has 4 rings (SSSR count). The second kappa shape index (κ2) is 8.16. The Bertz CT molecular complexity index is 1230. The van der Waals surface area contributed by atoms with E-state index in [1.54, 1.807) is 36.4 Å². The second-order valence-corrected chi connectivity index (χ2v) is 7.13. The summed E-state index contributed by atoms with van der Waals surface area (Å²) in [5.74, 6) is 0.328. The van der Waals surface area contributed by atoms with Crippen LogP contribution in [0.3, 0.4) is 0 Å². The molecule has 0 unspecified atom stereocenters. The van der Waals surface area contributed by atoms with Gasteiger partial charge in [-0.05, 0) is 49.2 Å². The Morgan fingerprint density at radius 3 is 2.67 bits per heavy atom. The molecule has 0 aliphatic heterocycles. The molecule has 0 atom stereocenters. The third-order valence-corrected chi connectivity index (χ3v) is 4.84. The summed E-state index contributed by atoms with van der Waals surface area (Å²) in [5, 5.41) is 10.5. The lowest BCUT2D eigenvalue weighted by Crippen LogP contribution is -2.26. The molecular weight excluding hydrogens is 376 g/mol. The highest BCUT2D eigenvalue weighted by atomic mass is 16.1. The van der Waals surface area contributed by atoms with E-state index >= 15 is 0 Å². The van der Waals surface area contributed by atoms with Gasteiger partial charge >= 0.3 is 0 Å². The molecular formula is C23H22N6O. The number of nitrogens with two attached hydrogens (primary N) is 1. The number of imidazole rings is 1. The fraction of sp³-hybridized carbons (Fsp3) is 0.130. The number of carbonyl (C=O) groups is 1. The van der Waals surface area contributed by atoms with Crippen molar-refractivity contribution in [3.8, 4) is 11.5 Å². The molecule has 0 spiro atoms. The van der Waals surface area contributed by atoms with Gasteiger partial charge in [0.05, 0.1) is 11.0 Å². The van der Waals surface area contributed by atoms with Gasteiger partial charge in [0.1, 0.15) is 17.2 Å². The number of aryl methyl sites for hydroxylation is 1. The first-order chi connectivity index (χ1) is 14.5. The van der Waals surface area contributed by atoms with E-state index in [0.29, 0.717) is 29.3 Å². The summed E-state index contributed by atoms with van der Waals surface area (Å²) in [7, 11) is 0. The van der Waals surface area contributed by atoms with E-state index in [2.05, 4.69) is 51.5 Å². The summed E-state index contributed by atoms with van der Waals surface area (Å²) in [5.41, 5.74) is 11.0. The third-order valence-electron chi connectivity index (χ3n) is 4.84. The van der Waals surface area contributed by atoms with Crippen LogP contribution in [0.2, 0.25) is 0 Å². The van der Waals surface area contributed by atoms with Crippen LogP contribution in [0.4, 0.5) is 0 Å². The molecule has 1 amide bonds. The predicted molar refractivity (Wildman–Crippen MR) is 118 cm³/mol. The van der Waals surface area contributed by atoms with Crippen molar-refractivity contribution >= 4 is 22.8 Å². The highest BCUT2D eigenvalue weighted by Crippen LogP contribution is 2.20. The van der Waals surface area contributed by atoms with Gasteiger partial charge in [0.25, 0.3) is 5.91 Å². The number of H-pyrrole nitrogens is 1. The quantitative estimate of drug-likeness (QED) is 0.294. The first-order valence-corrected chi connectivity index (χ1v) is 9.65. The van der Waals surface area contributed by atoms with Crippen molar-refractivity contribution in [3.05, 3.63) is 83.0 Å². The number of benzene rings is 2. The first kappa shape index (κ1) is 19.3. The molecule has 0 fully saturated rings. The lowest BCUT2D eigenvalue weighted by atomic mass is 10.1. The van der Waals surface area contributed by atoms with Crippen LogP contribution in [0.25, 0.3) is 22.6 Å². The van der Waals surface area contributed by atoms with E-state index < -0.39 is 0 Å². The van der Waals surface area contributed by atoms with Crippen LogP contribution in [0.15, 0.2) is 60.7 Å². The summed E-state index contributed by atoms with van der Waals surface area (Å²) < 4.78 is 0. The zero-order chi connectivity index (χ0) is 21.1. The molecule has 0 radical (unpaired) electrons. The van der Waals surface area contributed by atoms with Gasteiger partial charge in [0.2, 0.25) is 0 Å². The number of fused-ring (bicyclic) bond motifs is 1. The highest BCUT2D eigenvalue weighted by Gasteiger charge is 2.12. The fourth-order valence-electron chi connectivity index (χ4n) is 3.16. The van der Waals surface area contributed by atoms with Crippen molar-refractivity contribution in [2.75, 3.05) is 6.54 Å². The van der Waals surface area contributed by atoms with E-state index in [4.69, 9.17) is 11.1 Å². The van der Waals surface area contributed by atoms with Gasteiger partial charge in [-0.1, -0.05) is 35.9 Å². The maximum Gasteiger partial charge on any atom is 0.269 e. The minimum absolute atomic E-state index is 0.00418. The molecule has 0 aliphatic carbocycles. The van der Waals surface area contributed by atoms with Crippen LogP contribution in [0.5, 0.6) is 0 Å². The minimum atomic E-state index is -0.223. The number of nitrogens with one attached hydrogen (secondary N) is 3. The van der Waals surface area contributed by atoms with E-state index in [9.17, 15) is 4.79 Å².